The SMILES string of the molecule is CC(=O)c1ccc(-c2ccc(C(=O)O[C@H](C)C(=O)N(C)C3(C#N)CCCCC3)o2)cc1. The number of furan rings is 1. The summed E-state index contributed by atoms with van der Waals surface area (Å²) in [5, 5.41) is 9.68. The molecule has 0 radical (unpaired) electrons. The van der Waals surface area contributed by atoms with Gasteiger partial charge in [-0.25, -0.2) is 4.79 Å². The predicted molar refractivity (Wildman–Crippen MR) is 113 cm³/mol. The van der Waals surface area contributed by atoms with Crippen LogP contribution < -0.4 is 0 Å². The number of rotatable bonds is 6. The highest BCUT2D eigenvalue weighted by atomic mass is 16.6. The van der Waals surface area contributed by atoms with Crippen LogP contribution in [0.1, 0.15) is 66.9 Å². The molecule has 31 heavy (non-hydrogen) atoms. The number of esters is 1. The third kappa shape index (κ3) is 4.69. The average molecular weight is 422 g/mol. The van der Waals surface area contributed by atoms with Crippen molar-refractivity contribution in [1.29, 1.82) is 5.26 Å². The minimum Gasteiger partial charge on any atom is -0.449 e. The number of hydrogen-bond acceptors (Lipinski definition) is 6. The maximum atomic E-state index is 12.8. The van der Waals surface area contributed by atoms with Gasteiger partial charge in [-0.2, -0.15) is 5.26 Å². The normalized spacial score (nSPS) is 16.1. The van der Waals surface area contributed by atoms with Crippen LogP contribution in [0.3, 0.4) is 0 Å². The monoisotopic (exact) mass is 422 g/mol. The third-order valence-electron chi connectivity index (χ3n) is 5.88. The lowest BCUT2D eigenvalue weighted by Crippen LogP contribution is -2.53. The van der Waals surface area contributed by atoms with E-state index < -0.39 is 23.5 Å². The minimum absolute atomic E-state index is 0.0272. The van der Waals surface area contributed by atoms with E-state index >= 15 is 0 Å². The van der Waals surface area contributed by atoms with E-state index in [9.17, 15) is 19.6 Å². The van der Waals surface area contributed by atoms with Gasteiger partial charge in [0.2, 0.25) is 5.76 Å². The summed E-state index contributed by atoms with van der Waals surface area (Å²) in [7, 11) is 1.59. The van der Waals surface area contributed by atoms with Gasteiger partial charge in [0.05, 0.1) is 6.07 Å². The number of hydrogen-bond donors (Lipinski definition) is 0. The molecule has 1 aromatic carbocycles. The Kier molecular flexibility index (Phi) is 6.59. The van der Waals surface area contributed by atoms with E-state index in [2.05, 4.69) is 6.07 Å². The number of ketones is 1. The zero-order valence-electron chi connectivity index (χ0n) is 18.0. The van der Waals surface area contributed by atoms with Gasteiger partial charge in [-0.3, -0.25) is 9.59 Å². The maximum absolute atomic E-state index is 12.8. The second kappa shape index (κ2) is 9.17. The summed E-state index contributed by atoms with van der Waals surface area (Å²) in [6, 6.07) is 12.2. The van der Waals surface area contributed by atoms with Crippen LogP contribution in [0.4, 0.5) is 0 Å². The molecule has 1 heterocycles. The summed E-state index contributed by atoms with van der Waals surface area (Å²) in [5.41, 5.74) is 0.445. The van der Waals surface area contributed by atoms with Gasteiger partial charge in [-0.1, -0.05) is 43.5 Å². The second-order valence-corrected chi connectivity index (χ2v) is 7.95. The van der Waals surface area contributed by atoms with Crippen LogP contribution in [0.5, 0.6) is 0 Å². The average Bonchev–Trinajstić information content (AvgIpc) is 3.29. The van der Waals surface area contributed by atoms with Crippen molar-refractivity contribution in [3.63, 3.8) is 0 Å². The number of likely N-dealkylation sites (N-methyl/N-ethyl adjacent to an activating group) is 1. The molecule has 1 amide bonds. The van der Waals surface area contributed by atoms with Crippen LogP contribution >= 0.6 is 0 Å². The molecule has 1 aliphatic rings. The van der Waals surface area contributed by atoms with Gasteiger partial charge in [-0.15, -0.1) is 0 Å². The molecule has 7 nitrogen and oxygen atoms in total. The second-order valence-electron chi connectivity index (χ2n) is 7.95. The Morgan fingerprint density at radius 3 is 2.32 bits per heavy atom. The smallest absolute Gasteiger partial charge is 0.375 e. The van der Waals surface area contributed by atoms with Crippen LogP contribution in [-0.4, -0.2) is 41.3 Å². The fourth-order valence-corrected chi connectivity index (χ4v) is 3.88. The number of carbonyl (C=O) groups is 3. The van der Waals surface area contributed by atoms with Gasteiger partial charge in [0.25, 0.3) is 5.91 Å². The number of amides is 1. The fourth-order valence-electron chi connectivity index (χ4n) is 3.88. The lowest BCUT2D eigenvalue weighted by atomic mass is 9.81. The van der Waals surface area contributed by atoms with E-state index in [1.165, 1.54) is 24.8 Å². The fraction of sp³-hybridized carbons (Fsp3) is 0.417. The van der Waals surface area contributed by atoms with E-state index in [0.717, 1.165) is 19.3 Å². The molecule has 1 fully saturated rings. The molecule has 7 heteroatoms. The molecule has 162 valence electrons. The molecule has 1 saturated carbocycles. The Labute approximate surface area is 181 Å². The molecule has 0 N–H and O–H groups in total. The topological polar surface area (TPSA) is 101 Å². The van der Waals surface area contributed by atoms with E-state index in [1.54, 1.807) is 37.4 Å². The number of benzene rings is 1. The van der Waals surface area contributed by atoms with Gasteiger partial charge in [-0.05, 0) is 38.8 Å². The van der Waals surface area contributed by atoms with Gasteiger partial charge < -0.3 is 14.1 Å². The van der Waals surface area contributed by atoms with Crippen LogP contribution in [0.15, 0.2) is 40.8 Å². The summed E-state index contributed by atoms with van der Waals surface area (Å²) in [6.45, 7) is 2.98. The van der Waals surface area contributed by atoms with E-state index in [0.29, 0.717) is 29.7 Å². The van der Waals surface area contributed by atoms with E-state index in [-0.39, 0.29) is 11.5 Å². The quantitative estimate of drug-likeness (QED) is 0.506. The molecule has 1 aliphatic carbocycles. The molecule has 0 unspecified atom stereocenters. The van der Waals surface area contributed by atoms with Crippen molar-refractivity contribution >= 4 is 17.7 Å². The Morgan fingerprint density at radius 1 is 1.10 bits per heavy atom. The molecule has 3 rings (SSSR count). The van der Waals surface area contributed by atoms with Crippen molar-refractivity contribution < 1.29 is 23.5 Å². The van der Waals surface area contributed by atoms with Gasteiger partial charge in [0.15, 0.2) is 11.9 Å². The van der Waals surface area contributed by atoms with Crippen LogP contribution in [0.2, 0.25) is 0 Å². The Morgan fingerprint density at radius 2 is 1.74 bits per heavy atom. The molecule has 1 aromatic heterocycles. The van der Waals surface area contributed by atoms with Crippen LogP contribution in [0, 0.1) is 11.3 Å². The molecular formula is C24H26N2O5. The first-order valence-electron chi connectivity index (χ1n) is 10.4. The number of ether oxygens (including phenoxy) is 1. The highest BCUT2D eigenvalue weighted by Crippen LogP contribution is 2.33. The first kappa shape index (κ1) is 22.3. The zero-order valence-corrected chi connectivity index (χ0v) is 18.0. The summed E-state index contributed by atoms with van der Waals surface area (Å²) in [6.07, 6.45) is 3.03. The van der Waals surface area contributed by atoms with Crippen molar-refractivity contribution in [3.8, 4) is 17.4 Å². The van der Waals surface area contributed by atoms with Crippen LogP contribution in [-0.2, 0) is 9.53 Å². The van der Waals surface area contributed by atoms with Crippen molar-refractivity contribution in [1.82, 2.24) is 4.90 Å². The predicted octanol–water partition coefficient (Wildman–Crippen LogP) is 4.38. The molecular weight excluding hydrogens is 396 g/mol. The number of carbonyl (C=O) groups excluding carboxylic acids is 3. The first-order chi connectivity index (χ1) is 14.8. The van der Waals surface area contributed by atoms with Crippen molar-refractivity contribution in [2.45, 2.75) is 57.6 Å². The summed E-state index contributed by atoms with van der Waals surface area (Å²) >= 11 is 0. The van der Waals surface area contributed by atoms with Gasteiger partial charge in [0, 0.05) is 18.2 Å². The maximum Gasteiger partial charge on any atom is 0.375 e. The highest BCUT2D eigenvalue weighted by Gasteiger charge is 2.41. The lowest BCUT2D eigenvalue weighted by Gasteiger charge is -2.39. The lowest BCUT2D eigenvalue weighted by molar-refractivity contribution is -0.143. The van der Waals surface area contributed by atoms with Crippen molar-refractivity contribution in [2.24, 2.45) is 0 Å². The molecule has 0 spiro atoms. The molecule has 1 atom stereocenters. The van der Waals surface area contributed by atoms with Crippen LogP contribution in [0.25, 0.3) is 11.3 Å². The van der Waals surface area contributed by atoms with Crippen molar-refractivity contribution in [2.75, 3.05) is 7.05 Å². The molecule has 0 saturated heterocycles. The van der Waals surface area contributed by atoms with E-state index in [4.69, 9.17) is 9.15 Å². The summed E-state index contributed by atoms with van der Waals surface area (Å²) < 4.78 is 10.9. The number of nitriles is 1. The largest absolute Gasteiger partial charge is 0.449 e. The summed E-state index contributed by atoms with van der Waals surface area (Å²) in [4.78, 5) is 38.1. The zero-order chi connectivity index (χ0) is 22.6. The standard InChI is InChI=1S/C24H26N2O5/c1-16(27)18-7-9-19(10-8-18)20-11-12-21(31-20)23(29)30-17(2)22(28)26(3)24(15-25)13-5-4-6-14-24/h7-12,17H,4-6,13-14H2,1-3H3/t17-/m1/s1. The number of nitrogens with zero attached hydrogens (tertiary/aromatic N) is 2. The Bertz CT molecular complexity index is 1010. The molecule has 0 bridgehead atoms. The Balaban J connectivity index is 1.66. The van der Waals surface area contributed by atoms with Gasteiger partial charge in [0.1, 0.15) is 11.3 Å². The molecule has 2 aromatic rings. The highest BCUT2D eigenvalue weighted by molar-refractivity contribution is 5.94. The van der Waals surface area contributed by atoms with Gasteiger partial charge >= 0.3 is 5.97 Å². The van der Waals surface area contributed by atoms with E-state index in [1.807, 2.05) is 0 Å². The van der Waals surface area contributed by atoms with Crippen molar-refractivity contribution in [3.05, 3.63) is 47.7 Å². The molecule has 0 aliphatic heterocycles. The number of Topliss-reactive ketones (excluding diaryl/α,β-unsaturated/α-hetero) is 1. The minimum atomic E-state index is -1.05. The Hall–Kier alpha value is -3.40. The first-order valence-corrected chi connectivity index (χ1v) is 10.4. The summed E-state index contributed by atoms with van der Waals surface area (Å²) in [5.74, 6) is -0.784. The third-order valence-corrected chi connectivity index (χ3v) is 5.88.